The van der Waals surface area contributed by atoms with E-state index in [4.69, 9.17) is 18.9 Å². The number of carboxylic acid groups (broad SMARTS) is 2. The number of carbonyl (C=O) groups is 10. The minimum atomic E-state index is -1.10. The van der Waals surface area contributed by atoms with Gasteiger partial charge in [-0.15, -0.1) is 0 Å². The van der Waals surface area contributed by atoms with Gasteiger partial charge in [0.05, 0.1) is 107 Å². The van der Waals surface area contributed by atoms with Crippen LogP contribution in [0.1, 0.15) is 79.6 Å². The van der Waals surface area contributed by atoms with E-state index < -0.39 is 29.3 Å². The van der Waals surface area contributed by atoms with Crippen LogP contribution in [0.5, 0.6) is 0 Å². The van der Waals surface area contributed by atoms with Crippen LogP contribution in [0.4, 0.5) is 0 Å². The number of hydrogen-bond acceptors (Lipinski definition) is 16. The van der Waals surface area contributed by atoms with Crippen molar-refractivity contribution in [2.45, 2.75) is 79.6 Å². The van der Waals surface area contributed by atoms with Gasteiger partial charge in [-0.1, -0.05) is 39.2 Å². The first-order valence-electron chi connectivity index (χ1n) is 28.1. The summed E-state index contributed by atoms with van der Waals surface area (Å²) in [5.41, 5.74) is 0.00297. The number of esters is 4. The molecule has 2 aliphatic heterocycles. The maximum atomic E-state index is 12.9. The molecule has 466 valence electrons. The predicted molar refractivity (Wildman–Crippen MR) is 304 cm³/mol. The molecule has 4 amide bonds. The summed E-state index contributed by atoms with van der Waals surface area (Å²) >= 11 is 0. The fourth-order valence-corrected chi connectivity index (χ4v) is 7.42. The predicted octanol–water partition coefficient (Wildman–Crippen LogP) is -0.488. The molecular formula is C58H100N8O16+2. The quantitative estimate of drug-likeness (QED) is 0.0342. The second kappa shape index (κ2) is 37.6. The van der Waals surface area contributed by atoms with Gasteiger partial charge in [-0.25, -0.2) is 9.59 Å². The van der Waals surface area contributed by atoms with E-state index in [1.165, 1.54) is 6.08 Å². The van der Waals surface area contributed by atoms with Crippen LogP contribution in [-0.2, 0) is 66.9 Å². The molecule has 0 fully saturated rings. The number of ether oxygens (including phenoxy) is 4. The van der Waals surface area contributed by atoms with Crippen LogP contribution in [-0.4, -0.2) is 262 Å². The van der Waals surface area contributed by atoms with E-state index in [9.17, 15) is 58.2 Å². The standard InChI is InChI=1S/C30H52N4O8.C17H27N3O4.C11H19NO4/c1-8-30(3,29(40)42-23-21-34(6,7)19-13-27(37)38)14-11-24(2)28(39)41-22-20-33(4,5)18-12-25(35)31-15-17-32-16-9-10-26(32)36;1-14(2)17(23)24-13-12-20(3,4)11-7-15(21)18-8-10-19-9-5-6-16(19)22;1-9(2)11(15)16-8-7-12(3,4)6-5-10(13)14/h9-10,24H,8,11-23H2,1-7H3;5-6H,1,7-13H2,2-4H3;1,5-8H2,2-4H3/p+2. The lowest BCUT2D eigenvalue weighted by Gasteiger charge is -2.31. The van der Waals surface area contributed by atoms with Crippen molar-refractivity contribution in [3.05, 3.63) is 48.6 Å². The Morgan fingerprint density at radius 3 is 1.24 bits per heavy atom. The van der Waals surface area contributed by atoms with Crippen molar-refractivity contribution in [2.75, 3.05) is 174 Å². The summed E-state index contributed by atoms with van der Waals surface area (Å²) in [6.07, 6.45) is 8.84. The minimum Gasteiger partial charge on any atom is -0.550 e. The summed E-state index contributed by atoms with van der Waals surface area (Å²) in [5.74, 6) is -4.17. The van der Waals surface area contributed by atoms with Crippen molar-refractivity contribution >= 4 is 59.4 Å². The number of rotatable bonds is 38. The lowest BCUT2D eigenvalue weighted by molar-refractivity contribution is -0.890. The maximum Gasteiger partial charge on any atom is 0.333 e. The number of amides is 4. The summed E-state index contributed by atoms with van der Waals surface area (Å²) in [5, 5.41) is 26.7. The van der Waals surface area contributed by atoms with Crippen LogP contribution in [0.3, 0.4) is 0 Å². The Bertz CT molecular complexity index is 2220. The van der Waals surface area contributed by atoms with Crippen molar-refractivity contribution < 1.29 is 95.0 Å². The van der Waals surface area contributed by atoms with E-state index in [1.54, 1.807) is 42.7 Å². The zero-order valence-corrected chi connectivity index (χ0v) is 51.7. The fraction of sp³-hybridized carbons (Fsp3) is 0.690. The molecule has 0 radical (unpaired) electrons. The smallest absolute Gasteiger partial charge is 0.333 e. The van der Waals surface area contributed by atoms with E-state index in [0.29, 0.717) is 159 Å². The van der Waals surface area contributed by atoms with Crippen LogP contribution in [0.15, 0.2) is 48.6 Å². The molecule has 2 N–H and O–H groups in total. The van der Waals surface area contributed by atoms with E-state index in [-0.39, 0.29) is 74.1 Å². The van der Waals surface area contributed by atoms with Crippen molar-refractivity contribution in [3.63, 3.8) is 0 Å². The van der Waals surface area contributed by atoms with Crippen LogP contribution in [0.2, 0.25) is 0 Å². The second-order valence-corrected chi connectivity index (χ2v) is 23.8. The highest BCUT2D eigenvalue weighted by Gasteiger charge is 2.35. The summed E-state index contributed by atoms with van der Waals surface area (Å²) in [7, 11) is 15.4. The number of aliphatic carboxylic acids is 2. The van der Waals surface area contributed by atoms with Gasteiger partial charge >= 0.3 is 23.9 Å². The zero-order valence-electron chi connectivity index (χ0n) is 51.7. The largest absolute Gasteiger partial charge is 0.550 e. The average molecular weight is 1170 g/mol. The first-order chi connectivity index (χ1) is 38.0. The maximum absolute atomic E-state index is 12.9. The molecule has 0 aromatic heterocycles. The SMILES string of the molecule is C=C(C)C(=O)OCC[N+](C)(C)CCC(=O)NCCN1CC=CC1=O.C=C(C)C(=O)OCC[N+](C)(C)CCC(=O)[O-].CCC(C)(CCC(C)C(=O)OCC[N+](C)(C)CCC(=O)NCCN1CC=CC1=O)C(=O)OCC[N+](C)(C)CCC(=O)[O-]. The molecule has 2 aliphatic rings. The van der Waals surface area contributed by atoms with E-state index in [0.717, 1.165) is 0 Å². The third-order valence-corrected chi connectivity index (χ3v) is 14.2. The Kier molecular flexibility index (Phi) is 34.6. The second-order valence-electron chi connectivity index (χ2n) is 23.8. The third kappa shape index (κ3) is 35.4. The van der Waals surface area contributed by atoms with Gasteiger partial charge in [0.25, 0.3) is 0 Å². The summed E-state index contributed by atoms with van der Waals surface area (Å²) < 4.78 is 23.0. The molecule has 0 aromatic rings. The molecule has 24 heteroatoms. The highest BCUT2D eigenvalue weighted by atomic mass is 16.5. The number of quaternary nitrogens is 4. The topological polar surface area (TPSA) is 284 Å². The van der Waals surface area contributed by atoms with Gasteiger partial charge < -0.3 is 77.1 Å². The zero-order chi connectivity index (χ0) is 62.9. The van der Waals surface area contributed by atoms with E-state index in [2.05, 4.69) is 23.8 Å². The summed E-state index contributed by atoms with van der Waals surface area (Å²) in [6, 6.07) is 0. The van der Waals surface area contributed by atoms with E-state index >= 15 is 0 Å². The molecular weight excluding hydrogens is 1060 g/mol. The number of carbonyl (C=O) groups excluding carboxylic acids is 10. The molecule has 0 saturated carbocycles. The van der Waals surface area contributed by atoms with Crippen molar-refractivity contribution in [2.24, 2.45) is 11.3 Å². The van der Waals surface area contributed by atoms with Crippen molar-refractivity contribution in [1.82, 2.24) is 20.4 Å². The van der Waals surface area contributed by atoms with Crippen LogP contribution < -0.4 is 20.8 Å². The number of hydrogen-bond donors (Lipinski definition) is 2. The Labute approximate surface area is 487 Å². The third-order valence-electron chi connectivity index (χ3n) is 14.2. The van der Waals surface area contributed by atoms with Gasteiger partial charge in [-0.3, -0.25) is 28.8 Å². The first-order valence-corrected chi connectivity index (χ1v) is 28.1. The molecule has 24 nitrogen and oxygen atoms in total. The molecule has 0 bridgehead atoms. The van der Waals surface area contributed by atoms with Gasteiger partial charge in [-0.2, -0.15) is 0 Å². The lowest BCUT2D eigenvalue weighted by atomic mass is 9.81. The van der Waals surface area contributed by atoms with Gasteiger partial charge in [0.1, 0.15) is 52.6 Å². The lowest BCUT2D eigenvalue weighted by Crippen LogP contribution is -2.45. The van der Waals surface area contributed by atoms with Gasteiger partial charge in [0.2, 0.25) is 23.6 Å². The molecule has 0 spiro atoms. The molecule has 0 saturated heterocycles. The Morgan fingerprint density at radius 2 is 0.927 bits per heavy atom. The normalized spacial score (nSPS) is 14.3. The summed E-state index contributed by atoms with van der Waals surface area (Å²) in [6.45, 7) is 24.0. The van der Waals surface area contributed by atoms with Crippen LogP contribution in [0.25, 0.3) is 0 Å². The molecule has 2 heterocycles. The van der Waals surface area contributed by atoms with Crippen molar-refractivity contribution in [3.8, 4) is 0 Å². The molecule has 2 rings (SSSR count). The molecule has 0 aliphatic carbocycles. The molecule has 2 atom stereocenters. The van der Waals surface area contributed by atoms with Crippen molar-refractivity contribution in [1.29, 1.82) is 0 Å². The minimum absolute atomic E-state index is 0.00142. The van der Waals surface area contributed by atoms with Gasteiger partial charge in [-0.05, 0) is 40.0 Å². The average Bonchev–Trinajstić information content (AvgIpc) is 4.06. The Morgan fingerprint density at radius 1 is 0.585 bits per heavy atom. The number of nitrogens with zero attached hydrogens (tertiary/aromatic N) is 6. The Balaban J connectivity index is 0.00000137. The number of nitrogens with one attached hydrogen (secondary N) is 2. The first kappa shape index (κ1) is 75.5. The van der Waals surface area contributed by atoms with Crippen LogP contribution in [0, 0.1) is 11.3 Å². The highest BCUT2D eigenvalue weighted by Crippen LogP contribution is 2.31. The monoisotopic (exact) mass is 1160 g/mol. The summed E-state index contributed by atoms with van der Waals surface area (Å²) in [4.78, 5) is 119. The molecule has 2 unspecified atom stereocenters. The molecule has 82 heavy (non-hydrogen) atoms. The Hall–Kier alpha value is -6.50. The number of carboxylic acids is 2. The van der Waals surface area contributed by atoms with E-state index in [1.807, 2.05) is 76.3 Å². The van der Waals surface area contributed by atoms with Gasteiger partial charge in [0.15, 0.2) is 0 Å². The van der Waals surface area contributed by atoms with Crippen LogP contribution >= 0.6 is 0 Å². The van der Waals surface area contributed by atoms with Gasteiger partial charge in [0, 0.05) is 87.3 Å². The highest BCUT2D eigenvalue weighted by molar-refractivity contribution is 5.90. The number of likely N-dealkylation sites (N-methyl/N-ethyl adjacent to an activating group) is 4. The molecule has 0 aromatic carbocycles. The fourth-order valence-electron chi connectivity index (χ4n) is 7.42.